The maximum absolute atomic E-state index is 12.4. The SMILES string of the molecule is CC[C@@H](C)NC(=O)c1cnc2c(c(C)nn2-c2ccccc2)c1Cl. The highest BCUT2D eigenvalue weighted by molar-refractivity contribution is 6.38. The number of benzene rings is 1. The van der Waals surface area contributed by atoms with Crippen molar-refractivity contribution in [3.8, 4) is 5.69 Å². The lowest BCUT2D eigenvalue weighted by Gasteiger charge is -2.12. The number of para-hydroxylation sites is 1. The molecular formula is C18H19ClN4O. The summed E-state index contributed by atoms with van der Waals surface area (Å²) in [5, 5.41) is 8.55. The lowest BCUT2D eigenvalue weighted by Crippen LogP contribution is -2.32. The summed E-state index contributed by atoms with van der Waals surface area (Å²) in [6.45, 7) is 5.84. The van der Waals surface area contributed by atoms with E-state index in [0.717, 1.165) is 17.8 Å². The molecule has 0 aliphatic rings. The van der Waals surface area contributed by atoms with E-state index in [-0.39, 0.29) is 11.9 Å². The van der Waals surface area contributed by atoms with Crippen LogP contribution in [0.3, 0.4) is 0 Å². The summed E-state index contributed by atoms with van der Waals surface area (Å²) in [5.74, 6) is -0.212. The van der Waals surface area contributed by atoms with Crippen molar-refractivity contribution < 1.29 is 4.79 Å². The van der Waals surface area contributed by atoms with Crippen molar-refractivity contribution in [3.05, 3.63) is 52.8 Å². The predicted molar refractivity (Wildman–Crippen MR) is 95.8 cm³/mol. The maximum atomic E-state index is 12.4. The Morgan fingerprint density at radius 2 is 2.04 bits per heavy atom. The standard InChI is InChI=1S/C18H19ClN4O/c1-4-11(2)21-18(24)14-10-20-17-15(16(14)19)12(3)22-23(17)13-8-6-5-7-9-13/h5-11H,4H2,1-3H3,(H,21,24)/t11-/m1/s1. The Bertz CT molecular complexity index is 889. The van der Waals surface area contributed by atoms with Gasteiger partial charge in [-0.25, -0.2) is 9.67 Å². The number of carbonyl (C=O) groups excluding carboxylic acids is 1. The molecule has 1 atom stereocenters. The van der Waals surface area contributed by atoms with Crippen LogP contribution in [0.5, 0.6) is 0 Å². The number of carbonyl (C=O) groups is 1. The topological polar surface area (TPSA) is 59.8 Å². The van der Waals surface area contributed by atoms with E-state index in [4.69, 9.17) is 11.6 Å². The molecular weight excluding hydrogens is 324 g/mol. The molecule has 24 heavy (non-hydrogen) atoms. The van der Waals surface area contributed by atoms with Crippen LogP contribution in [0.2, 0.25) is 5.02 Å². The van der Waals surface area contributed by atoms with Gasteiger partial charge in [-0.1, -0.05) is 36.7 Å². The molecule has 3 aromatic rings. The highest BCUT2D eigenvalue weighted by Crippen LogP contribution is 2.29. The molecule has 0 aliphatic heterocycles. The number of amides is 1. The number of aromatic nitrogens is 3. The maximum Gasteiger partial charge on any atom is 0.254 e. The zero-order valence-corrected chi connectivity index (χ0v) is 14.6. The lowest BCUT2D eigenvalue weighted by atomic mass is 10.1. The first kappa shape index (κ1) is 16.5. The minimum atomic E-state index is -0.212. The van der Waals surface area contributed by atoms with Crippen molar-refractivity contribution in [2.45, 2.75) is 33.2 Å². The van der Waals surface area contributed by atoms with Gasteiger partial charge in [0, 0.05) is 12.2 Å². The average molecular weight is 343 g/mol. The Kier molecular flexibility index (Phi) is 4.53. The molecule has 0 aliphatic carbocycles. The number of fused-ring (bicyclic) bond motifs is 1. The van der Waals surface area contributed by atoms with Crippen LogP contribution in [0.1, 0.15) is 36.3 Å². The molecule has 1 amide bonds. The number of hydrogen-bond acceptors (Lipinski definition) is 3. The number of pyridine rings is 1. The van der Waals surface area contributed by atoms with E-state index >= 15 is 0 Å². The average Bonchev–Trinajstić information content (AvgIpc) is 2.93. The van der Waals surface area contributed by atoms with Gasteiger partial charge < -0.3 is 5.32 Å². The Hall–Kier alpha value is -2.40. The van der Waals surface area contributed by atoms with Crippen molar-refractivity contribution in [3.63, 3.8) is 0 Å². The summed E-state index contributed by atoms with van der Waals surface area (Å²) in [6, 6.07) is 9.80. The molecule has 3 rings (SSSR count). The largest absolute Gasteiger partial charge is 0.350 e. The van der Waals surface area contributed by atoms with Crippen molar-refractivity contribution in [1.29, 1.82) is 0 Å². The molecule has 2 heterocycles. The highest BCUT2D eigenvalue weighted by Gasteiger charge is 2.20. The van der Waals surface area contributed by atoms with Gasteiger partial charge in [-0.2, -0.15) is 5.10 Å². The molecule has 0 spiro atoms. The molecule has 5 nitrogen and oxygen atoms in total. The van der Waals surface area contributed by atoms with Crippen LogP contribution in [0, 0.1) is 6.92 Å². The summed E-state index contributed by atoms with van der Waals surface area (Å²) in [6.07, 6.45) is 2.37. The third kappa shape index (κ3) is 2.87. The molecule has 0 saturated heterocycles. The van der Waals surface area contributed by atoms with E-state index in [2.05, 4.69) is 15.4 Å². The van der Waals surface area contributed by atoms with Gasteiger partial charge in [-0.15, -0.1) is 0 Å². The Labute approximate surface area is 145 Å². The third-order valence-corrected chi connectivity index (χ3v) is 4.44. The van der Waals surface area contributed by atoms with Crippen LogP contribution in [0.4, 0.5) is 0 Å². The molecule has 0 unspecified atom stereocenters. The first-order valence-electron chi connectivity index (χ1n) is 7.93. The summed E-state index contributed by atoms with van der Waals surface area (Å²) in [5.41, 5.74) is 2.66. The molecule has 124 valence electrons. The van der Waals surface area contributed by atoms with Gasteiger partial charge in [0.2, 0.25) is 0 Å². The number of nitrogens with one attached hydrogen (secondary N) is 1. The number of aryl methyl sites for hydroxylation is 1. The Morgan fingerprint density at radius 1 is 1.33 bits per heavy atom. The van der Waals surface area contributed by atoms with Crippen LogP contribution in [-0.4, -0.2) is 26.7 Å². The molecule has 0 radical (unpaired) electrons. The Balaban J connectivity index is 2.11. The van der Waals surface area contributed by atoms with Gasteiger partial charge >= 0.3 is 0 Å². The normalized spacial score (nSPS) is 12.3. The van der Waals surface area contributed by atoms with Crippen LogP contribution >= 0.6 is 11.6 Å². The van der Waals surface area contributed by atoms with Crippen molar-refractivity contribution >= 4 is 28.5 Å². The van der Waals surface area contributed by atoms with Gasteiger partial charge in [-0.05, 0) is 32.4 Å². The summed E-state index contributed by atoms with van der Waals surface area (Å²) in [4.78, 5) is 16.9. The van der Waals surface area contributed by atoms with Crippen LogP contribution in [0.25, 0.3) is 16.7 Å². The van der Waals surface area contributed by atoms with Gasteiger partial charge in [0.1, 0.15) is 0 Å². The monoisotopic (exact) mass is 342 g/mol. The van der Waals surface area contributed by atoms with E-state index in [1.807, 2.05) is 51.1 Å². The second-order valence-corrected chi connectivity index (χ2v) is 6.18. The quantitative estimate of drug-likeness (QED) is 0.782. The zero-order chi connectivity index (χ0) is 17.3. The van der Waals surface area contributed by atoms with Crippen LogP contribution in [-0.2, 0) is 0 Å². The predicted octanol–water partition coefficient (Wildman–Crippen LogP) is 3.91. The second kappa shape index (κ2) is 6.61. The van der Waals surface area contributed by atoms with Gasteiger partial charge in [0.25, 0.3) is 5.91 Å². The third-order valence-electron chi connectivity index (χ3n) is 4.04. The number of rotatable bonds is 4. The zero-order valence-electron chi connectivity index (χ0n) is 13.9. The molecule has 0 bridgehead atoms. The van der Waals surface area contributed by atoms with E-state index < -0.39 is 0 Å². The summed E-state index contributed by atoms with van der Waals surface area (Å²) >= 11 is 6.51. The summed E-state index contributed by atoms with van der Waals surface area (Å²) in [7, 11) is 0. The highest BCUT2D eigenvalue weighted by atomic mass is 35.5. The van der Waals surface area contributed by atoms with Crippen molar-refractivity contribution in [1.82, 2.24) is 20.1 Å². The minimum absolute atomic E-state index is 0.0809. The van der Waals surface area contributed by atoms with E-state index in [1.165, 1.54) is 6.20 Å². The van der Waals surface area contributed by atoms with Gasteiger partial charge in [0.15, 0.2) is 5.65 Å². The molecule has 1 aromatic carbocycles. The fourth-order valence-electron chi connectivity index (χ4n) is 2.52. The molecule has 6 heteroatoms. The van der Waals surface area contributed by atoms with Gasteiger partial charge in [0.05, 0.1) is 27.4 Å². The minimum Gasteiger partial charge on any atom is -0.350 e. The van der Waals surface area contributed by atoms with Crippen LogP contribution in [0.15, 0.2) is 36.5 Å². The first-order chi connectivity index (χ1) is 11.5. The van der Waals surface area contributed by atoms with Crippen molar-refractivity contribution in [2.24, 2.45) is 0 Å². The number of nitrogens with zero attached hydrogens (tertiary/aromatic N) is 3. The number of halogens is 1. The van der Waals surface area contributed by atoms with E-state index in [1.54, 1.807) is 4.68 Å². The first-order valence-corrected chi connectivity index (χ1v) is 8.30. The van der Waals surface area contributed by atoms with Gasteiger partial charge in [-0.3, -0.25) is 4.79 Å². The number of hydrogen-bond donors (Lipinski definition) is 1. The molecule has 2 aromatic heterocycles. The lowest BCUT2D eigenvalue weighted by molar-refractivity contribution is 0.0939. The van der Waals surface area contributed by atoms with E-state index in [0.29, 0.717) is 21.6 Å². The Morgan fingerprint density at radius 3 is 2.71 bits per heavy atom. The van der Waals surface area contributed by atoms with Crippen LogP contribution < -0.4 is 5.32 Å². The summed E-state index contributed by atoms with van der Waals surface area (Å²) < 4.78 is 1.74. The van der Waals surface area contributed by atoms with Crippen molar-refractivity contribution in [2.75, 3.05) is 0 Å². The smallest absolute Gasteiger partial charge is 0.254 e. The fraction of sp³-hybridized carbons (Fsp3) is 0.278. The molecule has 0 fully saturated rings. The van der Waals surface area contributed by atoms with E-state index in [9.17, 15) is 4.79 Å². The molecule has 0 saturated carbocycles. The second-order valence-electron chi connectivity index (χ2n) is 5.80. The molecule has 1 N–H and O–H groups in total. The fourth-order valence-corrected chi connectivity index (χ4v) is 2.88.